The van der Waals surface area contributed by atoms with Gasteiger partial charge in [-0.3, -0.25) is 9.59 Å². The predicted octanol–water partition coefficient (Wildman–Crippen LogP) is 3.71. The molecule has 0 saturated heterocycles. The molecule has 0 bridgehead atoms. The Morgan fingerprint density at radius 1 is 1.12 bits per heavy atom. The van der Waals surface area contributed by atoms with Gasteiger partial charge >= 0.3 is 0 Å². The third kappa shape index (κ3) is 3.62. The van der Waals surface area contributed by atoms with Crippen LogP contribution in [-0.2, 0) is 16.0 Å². The van der Waals surface area contributed by atoms with E-state index < -0.39 is 0 Å². The van der Waals surface area contributed by atoms with Crippen LogP contribution in [-0.4, -0.2) is 23.6 Å². The summed E-state index contributed by atoms with van der Waals surface area (Å²) in [4.78, 5) is 26.7. The standard InChI is InChI=1S/C19H20N2O2S/c1-13(24-17-9-7-16(8-10-17)20-14(2)22)19(23)21-12-11-15-5-3-4-6-18(15)21/h3-10,13H,11-12H2,1-2H3,(H,20,22)/t13-/m1/s1. The largest absolute Gasteiger partial charge is 0.326 e. The summed E-state index contributed by atoms with van der Waals surface area (Å²) in [7, 11) is 0. The average molecular weight is 340 g/mol. The summed E-state index contributed by atoms with van der Waals surface area (Å²) in [5, 5.41) is 2.58. The lowest BCUT2D eigenvalue weighted by Gasteiger charge is -2.21. The van der Waals surface area contributed by atoms with E-state index in [1.165, 1.54) is 24.2 Å². The maximum atomic E-state index is 12.8. The number of hydrogen-bond acceptors (Lipinski definition) is 3. The molecule has 2 amide bonds. The van der Waals surface area contributed by atoms with Crippen LogP contribution >= 0.6 is 11.8 Å². The van der Waals surface area contributed by atoms with Gasteiger partial charge in [0.05, 0.1) is 5.25 Å². The first-order valence-electron chi connectivity index (χ1n) is 7.98. The van der Waals surface area contributed by atoms with Crippen molar-refractivity contribution in [1.82, 2.24) is 0 Å². The average Bonchev–Trinajstić information content (AvgIpc) is 2.99. The third-order valence-corrected chi connectivity index (χ3v) is 5.09. The minimum absolute atomic E-state index is 0.0911. The Balaban J connectivity index is 1.66. The zero-order valence-corrected chi connectivity index (χ0v) is 14.6. The molecule has 1 aliphatic heterocycles. The highest BCUT2D eigenvalue weighted by molar-refractivity contribution is 8.00. The topological polar surface area (TPSA) is 49.4 Å². The van der Waals surface area contributed by atoms with Gasteiger partial charge in [-0.1, -0.05) is 18.2 Å². The van der Waals surface area contributed by atoms with E-state index in [2.05, 4.69) is 11.4 Å². The Morgan fingerprint density at radius 2 is 1.83 bits per heavy atom. The van der Waals surface area contributed by atoms with Crippen molar-refractivity contribution in [2.75, 3.05) is 16.8 Å². The van der Waals surface area contributed by atoms with Crippen molar-refractivity contribution in [3.05, 3.63) is 54.1 Å². The number of benzene rings is 2. The molecule has 2 aromatic carbocycles. The van der Waals surface area contributed by atoms with Crippen molar-refractivity contribution in [2.45, 2.75) is 30.4 Å². The number of thioether (sulfide) groups is 1. The van der Waals surface area contributed by atoms with Crippen LogP contribution in [0.4, 0.5) is 11.4 Å². The van der Waals surface area contributed by atoms with Gasteiger partial charge in [-0.05, 0) is 49.2 Å². The molecule has 0 saturated carbocycles. The van der Waals surface area contributed by atoms with E-state index in [0.717, 1.165) is 29.2 Å². The SMILES string of the molecule is CC(=O)Nc1ccc(S[C@H](C)C(=O)N2CCc3ccccc32)cc1. The molecular formula is C19H20N2O2S. The molecule has 0 fully saturated rings. The highest BCUT2D eigenvalue weighted by atomic mass is 32.2. The number of rotatable bonds is 4. The first-order valence-corrected chi connectivity index (χ1v) is 8.86. The Morgan fingerprint density at radius 3 is 2.54 bits per heavy atom. The molecule has 0 spiro atoms. The number of para-hydroxylation sites is 1. The molecular weight excluding hydrogens is 320 g/mol. The molecule has 5 heteroatoms. The lowest BCUT2D eigenvalue weighted by molar-refractivity contribution is -0.117. The van der Waals surface area contributed by atoms with Gasteiger partial charge in [0.25, 0.3) is 0 Å². The molecule has 1 heterocycles. The smallest absolute Gasteiger partial charge is 0.240 e. The summed E-state index contributed by atoms with van der Waals surface area (Å²) in [6.07, 6.45) is 0.921. The minimum atomic E-state index is -0.164. The first kappa shape index (κ1) is 16.6. The molecule has 0 radical (unpaired) electrons. The molecule has 4 nitrogen and oxygen atoms in total. The van der Waals surface area contributed by atoms with Crippen LogP contribution in [0.1, 0.15) is 19.4 Å². The summed E-state index contributed by atoms with van der Waals surface area (Å²) < 4.78 is 0. The number of carbonyl (C=O) groups is 2. The Bertz CT molecular complexity index is 758. The molecule has 1 atom stereocenters. The zero-order chi connectivity index (χ0) is 17.1. The Kier molecular flexibility index (Phi) is 4.90. The molecule has 1 aliphatic rings. The fraction of sp³-hybridized carbons (Fsp3) is 0.263. The molecule has 2 aromatic rings. The molecule has 124 valence electrons. The molecule has 3 rings (SSSR count). The normalized spacial score (nSPS) is 14.2. The molecule has 0 aromatic heterocycles. The van der Waals surface area contributed by atoms with Crippen LogP contribution in [0.3, 0.4) is 0 Å². The second kappa shape index (κ2) is 7.09. The van der Waals surface area contributed by atoms with Crippen molar-refractivity contribution in [2.24, 2.45) is 0 Å². The lowest BCUT2D eigenvalue weighted by Crippen LogP contribution is -2.35. The van der Waals surface area contributed by atoms with Crippen LogP contribution in [0.2, 0.25) is 0 Å². The van der Waals surface area contributed by atoms with E-state index in [0.29, 0.717) is 0 Å². The number of nitrogens with zero attached hydrogens (tertiary/aromatic N) is 1. The van der Waals surface area contributed by atoms with Gasteiger partial charge in [-0.2, -0.15) is 0 Å². The van der Waals surface area contributed by atoms with Crippen LogP contribution < -0.4 is 10.2 Å². The summed E-state index contributed by atoms with van der Waals surface area (Å²) in [6, 6.07) is 15.7. The second-order valence-electron chi connectivity index (χ2n) is 5.83. The van der Waals surface area contributed by atoms with Crippen molar-refractivity contribution in [3.63, 3.8) is 0 Å². The quantitative estimate of drug-likeness (QED) is 0.863. The van der Waals surface area contributed by atoms with E-state index in [-0.39, 0.29) is 17.1 Å². The predicted molar refractivity (Wildman–Crippen MR) is 98.6 cm³/mol. The van der Waals surface area contributed by atoms with Crippen LogP contribution in [0.15, 0.2) is 53.4 Å². The van der Waals surface area contributed by atoms with Crippen LogP contribution in [0, 0.1) is 0 Å². The van der Waals surface area contributed by atoms with Gasteiger partial charge < -0.3 is 10.2 Å². The van der Waals surface area contributed by atoms with Crippen LogP contribution in [0.5, 0.6) is 0 Å². The van der Waals surface area contributed by atoms with Crippen molar-refractivity contribution in [3.8, 4) is 0 Å². The third-order valence-electron chi connectivity index (χ3n) is 3.99. The minimum Gasteiger partial charge on any atom is -0.326 e. The highest BCUT2D eigenvalue weighted by Crippen LogP contribution is 2.31. The van der Waals surface area contributed by atoms with E-state index in [1.807, 2.05) is 54.3 Å². The number of nitrogens with one attached hydrogen (secondary N) is 1. The van der Waals surface area contributed by atoms with Gasteiger partial charge in [-0.25, -0.2) is 0 Å². The Labute approximate surface area is 146 Å². The number of anilines is 2. The molecule has 24 heavy (non-hydrogen) atoms. The maximum absolute atomic E-state index is 12.8. The van der Waals surface area contributed by atoms with E-state index in [9.17, 15) is 9.59 Å². The fourth-order valence-electron chi connectivity index (χ4n) is 2.86. The molecule has 0 aliphatic carbocycles. The van der Waals surface area contributed by atoms with Gasteiger partial charge in [0.2, 0.25) is 11.8 Å². The lowest BCUT2D eigenvalue weighted by atomic mass is 10.2. The van der Waals surface area contributed by atoms with E-state index in [1.54, 1.807) is 0 Å². The summed E-state index contributed by atoms with van der Waals surface area (Å²) >= 11 is 1.54. The highest BCUT2D eigenvalue weighted by Gasteiger charge is 2.28. The zero-order valence-electron chi connectivity index (χ0n) is 13.8. The van der Waals surface area contributed by atoms with E-state index in [4.69, 9.17) is 0 Å². The van der Waals surface area contributed by atoms with Crippen molar-refractivity contribution >= 4 is 35.0 Å². The van der Waals surface area contributed by atoms with Crippen LogP contribution in [0.25, 0.3) is 0 Å². The van der Waals surface area contributed by atoms with Gasteiger partial charge in [-0.15, -0.1) is 11.8 Å². The fourth-order valence-corrected chi connectivity index (χ4v) is 3.79. The number of fused-ring (bicyclic) bond motifs is 1. The molecule has 0 unspecified atom stereocenters. The van der Waals surface area contributed by atoms with E-state index >= 15 is 0 Å². The van der Waals surface area contributed by atoms with Gasteiger partial charge in [0.1, 0.15) is 0 Å². The monoisotopic (exact) mass is 340 g/mol. The van der Waals surface area contributed by atoms with Gasteiger partial charge in [0, 0.05) is 29.7 Å². The second-order valence-corrected chi connectivity index (χ2v) is 7.25. The Hall–Kier alpha value is -2.27. The summed E-state index contributed by atoms with van der Waals surface area (Å²) in [5.74, 6) is 0.0440. The van der Waals surface area contributed by atoms with Gasteiger partial charge in [0.15, 0.2) is 0 Å². The number of amides is 2. The molecule has 1 N–H and O–H groups in total. The first-order chi connectivity index (χ1) is 11.5. The van der Waals surface area contributed by atoms with Crippen molar-refractivity contribution < 1.29 is 9.59 Å². The number of hydrogen-bond donors (Lipinski definition) is 1. The number of carbonyl (C=O) groups excluding carboxylic acids is 2. The summed E-state index contributed by atoms with van der Waals surface area (Å²) in [5.41, 5.74) is 3.04. The maximum Gasteiger partial charge on any atom is 0.240 e. The van der Waals surface area contributed by atoms with Crippen molar-refractivity contribution in [1.29, 1.82) is 0 Å². The summed E-state index contributed by atoms with van der Waals surface area (Å²) in [6.45, 7) is 4.18.